The predicted octanol–water partition coefficient (Wildman–Crippen LogP) is 6.95. The van der Waals surface area contributed by atoms with Crippen LogP contribution in [0.25, 0.3) is 66.9 Å². The number of fused-ring (bicyclic) bond motifs is 15. The number of hydrogen-bond donors (Lipinski definition) is 5. The highest BCUT2D eigenvalue weighted by atomic mass is 16.6. The van der Waals surface area contributed by atoms with Crippen molar-refractivity contribution in [3.05, 3.63) is 176 Å². The molecule has 0 radical (unpaired) electrons. The number of carbonyl (C=O) groups excluding carboxylic acids is 9. The summed E-state index contributed by atoms with van der Waals surface area (Å²) in [6.45, 7) is 15.2. The fourth-order valence-electron chi connectivity index (χ4n) is 18.2. The summed E-state index contributed by atoms with van der Waals surface area (Å²) in [6.07, 6.45) is 0.663. The molecule has 0 fully saturated rings. The van der Waals surface area contributed by atoms with Crippen molar-refractivity contribution in [3.63, 3.8) is 0 Å². The van der Waals surface area contributed by atoms with Crippen molar-refractivity contribution in [2.75, 3.05) is 125 Å². The monoisotopic (exact) mass is 1910 g/mol. The number of aryl methyl sites for hydroxylation is 4. The van der Waals surface area contributed by atoms with E-state index in [9.17, 15) is 72.5 Å². The molecule has 0 aliphatic carbocycles. The first-order chi connectivity index (χ1) is 66.5. The first-order valence-corrected chi connectivity index (χ1v) is 46.2. The first-order valence-electron chi connectivity index (χ1n) is 46.2. The van der Waals surface area contributed by atoms with Crippen molar-refractivity contribution < 1.29 is 134 Å². The summed E-state index contributed by atoms with van der Waals surface area (Å²) in [5.74, 6) is -7.13. The van der Waals surface area contributed by atoms with Crippen molar-refractivity contribution in [1.82, 2.24) is 39.3 Å². The summed E-state index contributed by atoms with van der Waals surface area (Å²) in [5.41, 5.74) is 6.66. The van der Waals surface area contributed by atoms with Gasteiger partial charge >= 0.3 is 35.8 Å². The second kappa shape index (κ2) is 44.7. The number of aromatic nitrogens is 6. The summed E-state index contributed by atoms with van der Waals surface area (Å²) < 4.78 is 88.1. The van der Waals surface area contributed by atoms with Crippen LogP contribution in [0.2, 0.25) is 0 Å². The number of phenols is 2. The predicted molar refractivity (Wildman–Crippen MR) is 491 cm³/mol. The third kappa shape index (κ3) is 21.3. The average molecular weight is 1910 g/mol. The van der Waals surface area contributed by atoms with Crippen molar-refractivity contribution in [1.29, 1.82) is 0 Å². The molecule has 3 aromatic carbocycles. The lowest BCUT2D eigenvalue weighted by molar-refractivity contribution is -0.189. The van der Waals surface area contributed by atoms with Gasteiger partial charge in [0.15, 0.2) is 17.2 Å². The summed E-state index contributed by atoms with van der Waals surface area (Å²) in [7, 11) is 0. The van der Waals surface area contributed by atoms with Crippen LogP contribution in [0.15, 0.2) is 87.2 Å². The highest BCUT2D eigenvalue weighted by molar-refractivity contribution is 5.96. The lowest BCUT2D eigenvalue weighted by Gasteiger charge is -2.36. The molecule has 6 aromatic heterocycles. The van der Waals surface area contributed by atoms with Gasteiger partial charge in [-0.3, -0.25) is 43.2 Å². The molecule has 2 unspecified atom stereocenters. The molecule has 0 bridgehead atoms. The maximum atomic E-state index is 14.1. The van der Waals surface area contributed by atoms with Gasteiger partial charge in [0.05, 0.1) is 179 Å². The van der Waals surface area contributed by atoms with Gasteiger partial charge in [-0.1, -0.05) is 53.2 Å². The van der Waals surface area contributed by atoms with Crippen molar-refractivity contribution >= 4 is 91.9 Å². The zero-order valence-corrected chi connectivity index (χ0v) is 78.4. The van der Waals surface area contributed by atoms with E-state index in [0.717, 1.165) is 67.0 Å². The van der Waals surface area contributed by atoms with Crippen molar-refractivity contribution in [3.8, 4) is 45.7 Å². The van der Waals surface area contributed by atoms with Gasteiger partial charge in [0.25, 0.3) is 16.7 Å². The zero-order chi connectivity index (χ0) is 98.4. The van der Waals surface area contributed by atoms with Gasteiger partial charge < -0.3 is 111 Å². The molecule has 5 N–H and O–H groups in total. The molecule has 39 nitrogen and oxygen atoms in total. The van der Waals surface area contributed by atoms with Gasteiger partial charge in [0.2, 0.25) is 23.0 Å². The highest BCUT2D eigenvalue weighted by Gasteiger charge is 2.54. The smallest absolute Gasteiger partial charge is 0.355 e. The maximum absolute atomic E-state index is 14.1. The number of carboxylic acids is 1. The second-order valence-electron chi connectivity index (χ2n) is 33.9. The van der Waals surface area contributed by atoms with E-state index in [1.54, 1.807) is 89.9 Å². The van der Waals surface area contributed by atoms with E-state index in [-0.39, 0.29) is 219 Å². The molecule has 6 aliphatic rings. The van der Waals surface area contributed by atoms with E-state index >= 15 is 0 Å². The van der Waals surface area contributed by atoms with Crippen molar-refractivity contribution in [2.24, 2.45) is 0 Å². The van der Waals surface area contributed by atoms with Crippen LogP contribution >= 0.6 is 0 Å². The fourth-order valence-corrected chi connectivity index (χ4v) is 18.2. The quantitative estimate of drug-likeness (QED) is 0.0146. The number of Topliss-reactive ketones (excluding diaryl/α,β-unsaturated/α-hetero) is 2. The SMILES string of the molecule is CCOCC(COCCOCC(=O)NCC(=O)O[C@]1(CC)C(=O)OCc2c1cc1n(c2=O)Cc2c-1nc1ccc(O)cc1c2CC)OCCOCC(=O)NCC(=O)CO[C@]1(CC)C(=O)OCc2c1cc1n(c2=O)Cc2c-1nc1ccc(O)cc1c2CC.CCc1c2c(nc3ccc(C)cc13)-c1cc3c(c(=O)n1C2)COC(=O)[C@@]3(CC)OC(=O)CCC(=O)COCCOC(C)COCCOCC(=O)O. The van der Waals surface area contributed by atoms with Crippen LogP contribution in [0.1, 0.15) is 160 Å². The maximum Gasteiger partial charge on any atom is 0.355 e. The second-order valence-corrected chi connectivity index (χ2v) is 33.9. The molecule has 39 heteroatoms. The van der Waals surface area contributed by atoms with Crippen LogP contribution in [0, 0.1) is 6.92 Å². The van der Waals surface area contributed by atoms with E-state index in [4.69, 9.17) is 91.1 Å². The standard InChI is InChI=1S/C62H68N6O19.C37H44N2O12/c1-6-38-40-19-34(69)11-13-48(40)65-55-42(38)25-67-50(55)21-46-44(57(67)75)30-84-59(77)61(46,8-3)86-27-36(71)23-63-52(72)32-82-17-18-83-37(28-79-10-5)29-80-15-16-81-33-53(73)64-24-54(74)87-62(9-4)47-22-51-56-43(26-68(51)58(76)45(47)31-85-60(62)78)39(7-2)41-20-35(70)12-14-49(41)66-56;1-5-25-26-15-22(3)7-9-30(26)38-34-27(25)17-39-31(34)16-29-28(35(39)44)20-50-36(45)37(29,6-2)51-33(43)10-8-24(40)19-47-13-14-49-23(4)18-46-11-12-48-21-32(41)42/h11-14,19-22,37,69-70H,6-10,15-18,23-33H2,1-5H3,(H,63,72)(H,64,73);7,9,15-16,23H,5-6,8,10-14,17-21H2,1-4H3,(H,41,42)/t37?,61-,62-;23?,37-/m00/s1. The first kappa shape index (κ1) is 101. The Morgan fingerprint density at radius 3 is 1.31 bits per heavy atom. The number of amides is 2. The number of cyclic esters (lactones) is 3. The van der Waals surface area contributed by atoms with Crippen LogP contribution in [-0.2, 0) is 195 Å². The molecular formula is C99H112N8O31. The summed E-state index contributed by atoms with van der Waals surface area (Å²) in [6, 6.07) is 20.9. The van der Waals surface area contributed by atoms with E-state index in [1.807, 2.05) is 39.8 Å². The minimum absolute atomic E-state index is 0.000322. The summed E-state index contributed by atoms with van der Waals surface area (Å²) in [4.78, 5) is 185. The minimum Gasteiger partial charge on any atom is -0.508 e. The number of ether oxygens (including phenoxy) is 15. The van der Waals surface area contributed by atoms with Gasteiger partial charge in [0, 0.05) is 62.6 Å². The number of hydrogen-bond acceptors (Lipinski definition) is 33. The van der Waals surface area contributed by atoms with Crippen LogP contribution in [-0.4, -0.2) is 241 Å². The van der Waals surface area contributed by atoms with Crippen molar-refractivity contribution in [2.45, 2.75) is 182 Å². The van der Waals surface area contributed by atoms with Gasteiger partial charge in [-0.15, -0.1) is 0 Å². The Balaban J connectivity index is 0.000000253. The van der Waals surface area contributed by atoms with Gasteiger partial charge in [-0.2, -0.15) is 0 Å². The lowest BCUT2D eigenvalue weighted by atomic mass is 9.85. The number of ketones is 2. The van der Waals surface area contributed by atoms with Gasteiger partial charge in [0.1, 0.15) is 77.0 Å². The van der Waals surface area contributed by atoms with Crippen LogP contribution in [0.4, 0.5) is 0 Å². The van der Waals surface area contributed by atoms with E-state index < -0.39 is 115 Å². The molecule has 734 valence electrons. The molecular weight excluding hydrogens is 1800 g/mol. The largest absolute Gasteiger partial charge is 0.508 e. The Bertz CT molecular complexity index is 6440. The Kier molecular flexibility index (Phi) is 32.7. The normalized spacial score (nSPS) is 17.1. The topological polar surface area (TPSA) is 499 Å². The number of carboxylic acid groups (broad SMARTS) is 1. The number of benzene rings is 3. The number of aliphatic carboxylic acids is 1. The number of carbonyl (C=O) groups is 10. The molecule has 9 aromatic rings. The number of esters is 5. The molecule has 12 heterocycles. The number of phenolic OH excluding ortho intramolecular Hbond substituents is 2. The minimum atomic E-state index is -1.98. The van der Waals surface area contributed by atoms with E-state index in [1.165, 1.54) is 6.07 Å². The van der Waals surface area contributed by atoms with E-state index in [2.05, 4.69) is 23.6 Å². The third-order valence-corrected chi connectivity index (χ3v) is 25.2. The fraction of sp³-hybridized carbons (Fsp3) is 0.475. The Morgan fingerprint density at radius 1 is 0.435 bits per heavy atom. The number of rotatable bonds is 47. The Morgan fingerprint density at radius 2 is 0.841 bits per heavy atom. The number of pyridine rings is 6. The molecule has 0 spiro atoms. The molecule has 0 saturated carbocycles. The molecule has 6 aliphatic heterocycles. The zero-order valence-electron chi connectivity index (χ0n) is 78.4. The Hall–Kier alpha value is -13.0. The summed E-state index contributed by atoms with van der Waals surface area (Å²) >= 11 is 0. The third-order valence-electron chi connectivity index (χ3n) is 25.2. The van der Waals surface area contributed by atoms with Crippen LogP contribution in [0.3, 0.4) is 0 Å². The molecule has 2 amide bonds. The van der Waals surface area contributed by atoms with Gasteiger partial charge in [-0.25, -0.2) is 34.1 Å². The molecule has 15 rings (SSSR count). The van der Waals surface area contributed by atoms with Gasteiger partial charge in [-0.05, 0) is 143 Å². The molecule has 5 atom stereocenters. The number of nitrogens with zero attached hydrogens (tertiary/aromatic N) is 6. The number of nitrogens with one attached hydrogen (secondary N) is 2. The highest BCUT2D eigenvalue weighted by Crippen LogP contribution is 2.47. The lowest BCUT2D eigenvalue weighted by Crippen LogP contribution is -2.48. The van der Waals surface area contributed by atoms with E-state index in [0.29, 0.717) is 71.2 Å². The van der Waals surface area contributed by atoms with Crippen LogP contribution in [0.5, 0.6) is 11.5 Å². The molecule has 0 saturated heterocycles. The number of aromatic hydroxyl groups is 2. The van der Waals surface area contributed by atoms with Crippen LogP contribution < -0.4 is 27.3 Å². The Labute approximate surface area is 791 Å². The summed E-state index contributed by atoms with van der Waals surface area (Å²) in [5, 5.41) is 36.5. The molecule has 138 heavy (non-hydrogen) atoms. The average Bonchev–Trinajstić information content (AvgIpc) is 1.45.